The third kappa shape index (κ3) is 5.23. The standard InChI is InChI=1S/C29H33NO2P2/c1-2-3-18-30(34(27-16-19-31-21-27)28-17-20-32-22-28)33-23-26(24-10-6-4-7-11-24)14-15-29(33)25-12-8-5-9-13-25/h4-13,16-17,19-22,26,29H,2-3,14-15,18,23H2,1H3/t26-,29+,33?/m0/s1. The fraction of sp³-hybridized carbons (Fsp3) is 0.310. The second-order valence-corrected chi connectivity index (χ2v) is 13.8. The van der Waals surface area contributed by atoms with Crippen molar-refractivity contribution in [2.24, 2.45) is 0 Å². The van der Waals surface area contributed by atoms with Crippen LogP contribution in [0.4, 0.5) is 0 Å². The van der Waals surface area contributed by atoms with Gasteiger partial charge in [-0.1, -0.05) is 74.0 Å². The van der Waals surface area contributed by atoms with Gasteiger partial charge in [0.05, 0.1) is 25.1 Å². The zero-order chi connectivity index (χ0) is 23.2. The van der Waals surface area contributed by atoms with Crippen molar-refractivity contribution in [2.45, 2.75) is 44.2 Å². The van der Waals surface area contributed by atoms with Crippen LogP contribution in [0.3, 0.4) is 0 Å². The van der Waals surface area contributed by atoms with Crippen molar-refractivity contribution in [2.75, 3.05) is 12.7 Å². The molecule has 5 heteroatoms. The van der Waals surface area contributed by atoms with Crippen LogP contribution in [0.2, 0.25) is 0 Å². The van der Waals surface area contributed by atoms with Crippen LogP contribution in [0.15, 0.2) is 107 Å². The summed E-state index contributed by atoms with van der Waals surface area (Å²) in [5.41, 5.74) is 3.57. The zero-order valence-electron chi connectivity index (χ0n) is 19.8. The Morgan fingerprint density at radius 2 is 1.44 bits per heavy atom. The molecule has 0 aliphatic carbocycles. The summed E-state index contributed by atoms with van der Waals surface area (Å²) in [6, 6.07) is 26.7. The maximum Gasteiger partial charge on any atom is 0.0995 e. The van der Waals surface area contributed by atoms with Crippen molar-refractivity contribution < 1.29 is 8.83 Å². The summed E-state index contributed by atoms with van der Waals surface area (Å²) in [5.74, 6) is 0.613. The normalized spacial score (nSPS) is 20.7. The average Bonchev–Trinajstić information content (AvgIpc) is 3.62. The summed E-state index contributed by atoms with van der Waals surface area (Å²) >= 11 is 0. The molecule has 1 aliphatic rings. The SMILES string of the molecule is CCCCN(P(c1ccoc1)c1ccoc1)P1C[C@@H](c2ccccc2)CC[C@@H]1c1ccccc1. The molecule has 0 amide bonds. The summed E-state index contributed by atoms with van der Waals surface area (Å²) in [6.07, 6.45) is 13.6. The van der Waals surface area contributed by atoms with E-state index in [0.29, 0.717) is 11.6 Å². The van der Waals surface area contributed by atoms with Crippen LogP contribution in [-0.2, 0) is 0 Å². The minimum Gasteiger partial charge on any atom is -0.472 e. The van der Waals surface area contributed by atoms with E-state index in [1.165, 1.54) is 53.6 Å². The molecule has 34 heavy (non-hydrogen) atoms. The van der Waals surface area contributed by atoms with Crippen LogP contribution in [0.25, 0.3) is 0 Å². The van der Waals surface area contributed by atoms with Gasteiger partial charge in [-0.2, -0.15) is 0 Å². The Kier molecular flexibility index (Phi) is 7.97. The Morgan fingerprint density at radius 3 is 2.00 bits per heavy atom. The molecule has 3 atom stereocenters. The molecule has 2 aromatic heterocycles. The number of rotatable bonds is 9. The summed E-state index contributed by atoms with van der Waals surface area (Å²) in [7, 11) is -1.12. The molecular formula is C29H33NO2P2. The fourth-order valence-corrected chi connectivity index (χ4v) is 12.0. The van der Waals surface area contributed by atoms with Gasteiger partial charge in [0.2, 0.25) is 0 Å². The summed E-state index contributed by atoms with van der Waals surface area (Å²) in [4.78, 5) is 0. The lowest BCUT2D eigenvalue weighted by Crippen LogP contribution is -2.30. The third-order valence-corrected chi connectivity index (χ3v) is 13.0. The monoisotopic (exact) mass is 489 g/mol. The molecule has 3 nitrogen and oxygen atoms in total. The Balaban J connectivity index is 1.57. The van der Waals surface area contributed by atoms with Crippen LogP contribution in [0.5, 0.6) is 0 Å². The average molecular weight is 490 g/mol. The van der Waals surface area contributed by atoms with Crippen molar-refractivity contribution in [1.82, 2.24) is 4.44 Å². The zero-order valence-corrected chi connectivity index (χ0v) is 21.6. The molecule has 2 aromatic carbocycles. The van der Waals surface area contributed by atoms with Crippen LogP contribution in [-0.4, -0.2) is 17.1 Å². The van der Waals surface area contributed by atoms with E-state index in [2.05, 4.69) is 84.2 Å². The van der Waals surface area contributed by atoms with E-state index in [-0.39, 0.29) is 0 Å². The van der Waals surface area contributed by atoms with Gasteiger partial charge in [-0.15, -0.1) is 0 Å². The van der Waals surface area contributed by atoms with Gasteiger partial charge < -0.3 is 8.83 Å². The van der Waals surface area contributed by atoms with E-state index in [1.54, 1.807) is 0 Å². The Morgan fingerprint density at radius 1 is 0.824 bits per heavy atom. The van der Waals surface area contributed by atoms with Crippen molar-refractivity contribution in [3.8, 4) is 0 Å². The molecule has 1 aliphatic heterocycles. The van der Waals surface area contributed by atoms with E-state index < -0.39 is 16.1 Å². The molecule has 0 saturated carbocycles. The summed E-state index contributed by atoms with van der Waals surface area (Å²) in [6.45, 7) is 3.40. The highest BCUT2D eigenvalue weighted by Crippen LogP contribution is 2.68. The van der Waals surface area contributed by atoms with Crippen molar-refractivity contribution in [3.63, 3.8) is 0 Å². The van der Waals surface area contributed by atoms with Crippen LogP contribution >= 0.6 is 16.1 Å². The first-order valence-electron chi connectivity index (χ1n) is 12.3. The van der Waals surface area contributed by atoms with E-state index in [4.69, 9.17) is 8.83 Å². The number of benzene rings is 2. The second kappa shape index (κ2) is 11.5. The molecule has 1 saturated heterocycles. The third-order valence-electron chi connectivity index (χ3n) is 6.75. The van der Waals surface area contributed by atoms with Crippen LogP contribution < -0.4 is 10.6 Å². The molecule has 0 spiro atoms. The smallest absolute Gasteiger partial charge is 0.0995 e. The highest BCUT2D eigenvalue weighted by Gasteiger charge is 2.39. The molecule has 0 N–H and O–H groups in total. The van der Waals surface area contributed by atoms with Gasteiger partial charge in [-0.25, -0.2) is 0 Å². The first kappa shape index (κ1) is 23.6. The van der Waals surface area contributed by atoms with Gasteiger partial charge in [-0.05, 0) is 62.7 Å². The number of unbranched alkanes of at least 4 members (excludes halogenated alkanes) is 1. The predicted molar refractivity (Wildman–Crippen MR) is 145 cm³/mol. The quantitative estimate of drug-likeness (QED) is 0.223. The van der Waals surface area contributed by atoms with E-state index >= 15 is 0 Å². The Bertz CT molecular complexity index is 1070. The highest BCUT2D eigenvalue weighted by molar-refractivity contribution is 7.79. The maximum absolute atomic E-state index is 5.60. The van der Waals surface area contributed by atoms with Crippen molar-refractivity contribution in [3.05, 3.63) is 109 Å². The lowest BCUT2D eigenvalue weighted by molar-refractivity contribution is 0.556. The Hall–Kier alpha value is -2.18. The first-order chi connectivity index (χ1) is 16.8. The number of nitrogens with zero attached hydrogens (tertiary/aromatic N) is 1. The van der Waals surface area contributed by atoms with E-state index in [9.17, 15) is 0 Å². The van der Waals surface area contributed by atoms with Crippen LogP contribution in [0, 0.1) is 0 Å². The highest BCUT2D eigenvalue weighted by atomic mass is 31.2. The summed E-state index contributed by atoms with van der Waals surface area (Å²) < 4.78 is 14.1. The van der Waals surface area contributed by atoms with Gasteiger partial charge >= 0.3 is 0 Å². The number of hydrogen-bond donors (Lipinski definition) is 0. The number of hydrogen-bond acceptors (Lipinski definition) is 3. The van der Waals surface area contributed by atoms with Gasteiger partial charge in [0.1, 0.15) is 0 Å². The second-order valence-electron chi connectivity index (χ2n) is 8.96. The maximum atomic E-state index is 5.60. The fourth-order valence-electron chi connectivity index (χ4n) is 5.03. The molecule has 1 unspecified atom stereocenters. The van der Waals surface area contributed by atoms with Gasteiger partial charge in [0.25, 0.3) is 0 Å². The van der Waals surface area contributed by atoms with Crippen molar-refractivity contribution >= 4 is 26.8 Å². The molecule has 3 heterocycles. The lowest BCUT2D eigenvalue weighted by atomic mass is 9.93. The predicted octanol–water partition coefficient (Wildman–Crippen LogP) is 8.04. The molecule has 5 rings (SSSR count). The minimum absolute atomic E-state index is 0.419. The van der Waals surface area contributed by atoms with E-state index in [0.717, 1.165) is 6.54 Å². The lowest BCUT2D eigenvalue weighted by Gasteiger charge is -2.46. The molecular weight excluding hydrogens is 456 g/mol. The van der Waals surface area contributed by atoms with Crippen molar-refractivity contribution in [1.29, 1.82) is 0 Å². The topological polar surface area (TPSA) is 29.5 Å². The number of furan rings is 2. The molecule has 0 radical (unpaired) electrons. The molecule has 4 aromatic rings. The largest absolute Gasteiger partial charge is 0.472 e. The molecule has 176 valence electrons. The van der Waals surface area contributed by atoms with Gasteiger partial charge in [0.15, 0.2) is 0 Å². The van der Waals surface area contributed by atoms with Gasteiger partial charge in [0, 0.05) is 30.9 Å². The molecule has 0 bridgehead atoms. The Labute approximate surface area is 205 Å². The van der Waals surface area contributed by atoms with E-state index in [1.807, 2.05) is 25.1 Å². The minimum atomic E-state index is -0.705. The van der Waals surface area contributed by atoms with Gasteiger partial charge in [-0.3, -0.25) is 4.44 Å². The molecule has 1 fully saturated rings. The van der Waals surface area contributed by atoms with Crippen LogP contribution in [0.1, 0.15) is 55.3 Å². The summed E-state index contributed by atoms with van der Waals surface area (Å²) in [5, 5.41) is 2.56. The first-order valence-corrected chi connectivity index (χ1v) is 15.2.